The van der Waals surface area contributed by atoms with Crippen LogP contribution in [-0.2, 0) is 11.2 Å². The van der Waals surface area contributed by atoms with Gasteiger partial charge in [0.05, 0.1) is 33.4 Å². The Hall–Kier alpha value is -3.75. The van der Waals surface area contributed by atoms with E-state index in [1.54, 1.807) is 21.3 Å². The molecule has 0 bridgehead atoms. The highest BCUT2D eigenvalue weighted by Gasteiger charge is 2.55. The Morgan fingerprint density at radius 2 is 1.66 bits per heavy atom. The lowest BCUT2D eigenvalue weighted by atomic mass is 9.82. The largest absolute Gasteiger partial charge is 0.507 e. The van der Waals surface area contributed by atoms with E-state index in [0.717, 1.165) is 33.6 Å². The summed E-state index contributed by atoms with van der Waals surface area (Å²) in [4.78, 5) is 15.8. The molecule has 0 saturated carbocycles. The fraction of sp³-hybridized carbons (Fsp3) is 0.367. The molecule has 0 spiro atoms. The first kappa shape index (κ1) is 25.9. The van der Waals surface area contributed by atoms with Crippen LogP contribution in [0.5, 0.6) is 23.0 Å². The van der Waals surface area contributed by atoms with Crippen molar-refractivity contribution in [2.45, 2.75) is 38.4 Å². The van der Waals surface area contributed by atoms with Crippen LogP contribution < -0.4 is 25.1 Å². The van der Waals surface area contributed by atoms with Gasteiger partial charge in [0, 0.05) is 18.0 Å². The highest BCUT2D eigenvalue weighted by Crippen LogP contribution is 2.49. The van der Waals surface area contributed by atoms with Crippen molar-refractivity contribution in [3.05, 3.63) is 82.4 Å². The molecule has 4 unspecified atom stereocenters. The van der Waals surface area contributed by atoms with Crippen LogP contribution in [0.4, 0.5) is 0 Å². The van der Waals surface area contributed by atoms with E-state index in [2.05, 4.69) is 10.9 Å². The van der Waals surface area contributed by atoms with E-state index in [-0.39, 0.29) is 29.7 Å². The molecule has 2 aliphatic rings. The second kappa shape index (κ2) is 10.6. The summed E-state index contributed by atoms with van der Waals surface area (Å²) in [6, 6.07) is 16.8. The maximum atomic E-state index is 13.9. The van der Waals surface area contributed by atoms with Crippen molar-refractivity contribution in [3.8, 4) is 23.0 Å². The molecule has 2 aliphatic heterocycles. The third kappa shape index (κ3) is 4.54. The highest BCUT2D eigenvalue weighted by atomic mass is 16.5. The summed E-state index contributed by atoms with van der Waals surface area (Å²) in [5.74, 6) is 2.22. The van der Waals surface area contributed by atoms with E-state index in [4.69, 9.17) is 14.2 Å². The number of ether oxygens (including phenoxy) is 3. The van der Waals surface area contributed by atoms with Crippen LogP contribution in [0.25, 0.3) is 0 Å². The van der Waals surface area contributed by atoms with Gasteiger partial charge in [0.1, 0.15) is 17.5 Å². The number of aryl methyl sites for hydroxylation is 2. The van der Waals surface area contributed by atoms with E-state index >= 15 is 0 Å². The number of phenols is 1. The first-order chi connectivity index (χ1) is 18.4. The van der Waals surface area contributed by atoms with E-state index in [1.165, 1.54) is 0 Å². The summed E-state index contributed by atoms with van der Waals surface area (Å²) in [6.45, 7) is 4.45. The molecular formula is C30H35N3O5. The zero-order valence-electron chi connectivity index (χ0n) is 22.4. The molecule has 8 nitrogen and oxygen atoms in total. The van der Waals surface area contributed by atoms with Crippen LogP contribution >= 0.6 is 0 Å². The first-order valence-corrected chi connectivity index (χ1v) is 12.8. The number of phenolic OH excluding ortho intramolecular Hbond substituents is 1. The predicted octanol–water partition coefficient (Wildman–Crippen LogP) is 3.99. The van der Waals surface area contributed by atoms with E-state index in [0.29, 0.717) is 24.5 Å². The number of carbonyl (C=O) groups is 1. The van der Waals surface area contributed by atoms with Crippen LogP contribution in [0.2, 0.25) is 0 Å². The molecule has 0 aromatic heterocycles. The Kier molecular flexibility index (Phi) is 7.19. The smallest absolute Gasteiger partial charge is 0.242 e. The fourth-order valence-corrected chi connectivity index (χ4v) is 5.96. The molecule has 3 aromatic carbocycles. The van der Waals surface area contributed by atoms with Gasteiger partial charge < -0.3 is 24.2 Å². The predicted molar refractivity (Wildman–Crippen MR) is 145 cm³/mol. The molecule has 200 valence electrons. The lowest BCUT2D eigenvalue weighted by molar-refractivity contribution is -0.130. The summed E-state index contributed by atoms with van der Waals surface area (Å²) in [5.41, 5.74) is 11.3. The van der Waals surface area contributed by atoms with Crippen LogP contribution in [0, 0.1) is 19.8 Å². The van der Waals surface area contributed by atoms with Gasteiger partial charge in [0.25, 0.3) is 0 Å². The summed E-state index contributed by atoms with van der Waals surface area (Å²) < 4.78 is 16.4. The third-order valence-corrected chi connectivity index (χ3v) is 7.75. The van der Waals surface area contributed by atoms with Crippen molar-refractivity contribution in [1.82, 2.24) is 15.8 Å². The quantitative estimate of drug-likeness (QED) is 0.416. The lowest BCUT2D eigenvalue weighted by Crippen LogP contribution is -2.42. The van der Waals surface area contributed by atoms with Gasteiger partial charge >= 0.3 is 0 Å². The number of carbonyl (C=O) groups excluding carboxylic acids is 1. The van der Waals surface area contributed by atoms with Gasteiger partial charge in [0.2, 0.25) is 5.91 Å². The number of hydrazine groups is 1. The minimum atomic E-state index is -0.429. The normalized spacial score (nSPS) is 22.4. The van der Waals surface area contributed by atoms with E-state index < -0.39 is 6.04 Å². The van der Waals surface area contributed by atoms with Crippen LogP contribution in [-0.4, -0.2) is 49.8 Å². The van der Waals surface area contributed by atoms with Crippen LogP contribution in [0.3, 0.4) is 0 Å². The minimum Gasteiger partial charge on any atom is -0.507 e. The number of fused-ring (bicyclic) bond motifs is 1. The topological polar surface area (TPSA) is 92.3 Å². The molecule has 2 heterocycles. The second-order valence-corrected chi connectivity index (χ2v) is 10.0. The number of nitrogens with zero attached hydrogens (tertiary/aromatic N) is 1. The summed E-state index contributed by atoms with van der Waals surface area (Å²) in [5, 5.41) is 11.0. The Balaban J connectivity index is 1.52. The number of amides is 1. The van der Waals surface area contributed by atoms with Crippen molar-refractivity contribution in [3.63, 3.8) is 0 Å². The van der Waals surface area contributed by atoms with Gasteiger partial charge in [-0.2, -0.15) is 0 Å². The average Bonchev–Trinajstić information content (AvgIpc) is 3.47. The maximum absolute atomic E-state index is 13.9. The number of hydrogen-bond donors (Lipinski definition) is 3. The molecule has 0 aliphatic carbocycles. The first-order valence-electron chi connectivity index (χ1n) is 12.8. The van der Waals surface area contributed by atoms with Crippen molar-refractivity contribution in [2.24, 2.45) is 5.92 Å². The van der Waals surface area contributed by atoms with Crippen molar-refractivity contribution < 1.29 is 24.1 Å². The summed E-state index contributed by atoms with van der Waals surface area (Å²) in [7, 11) is 4.88. The number of hydrogen-bond acceptors (Lipinski definition) is 7. The number of likely N-dealkylation sites (tertiary alicyclic amines) is 1. The molecule has 2 fully saturated rings. The molecule has 3 aromatic rings. The summed E-state index contributed by atoms with van der Waals surface area (Å²) in [6.07, 6.45) is 0.652. The molecule has 2 saturated heterocycles. The highest BCUT2D eigenvalue weighted by molar-refractivity contribution is 5.86. The minimum absolute atomic E-state index is 0.0298. The van der Waals surface area contributed by atoms with Gasteiger partial charge in [-0.05, 0) is 61.2 Å². The Labute approximate surface area is 223 Å². The molecule has 8 heteroatoms. The number of benzene rings is 3. The van der Waals surface area contributed by atoms with Gasteiger partial charge in [-0.25, -0.2) is 10.9 Å². The number of methoxy groups -OCH3 is 3. The molecule has 5 rings (SSSR count). The standard InChI is InChI=1S/C30H35N3O5/c1-17-13-18(2)29(34)22(14-17)26-25-27(32-31-26)30(35)33(28(25)20-7-6-8-21(16-20)36-3)12-11-19-9-10-23(37-4)24(15-19)38-5/h6-10,13-16,25-28,31-32,34H,11-12H2,1-5H3. The van der Waals surface area contributed by atoms with Gasteiger partial charge in [-0.1, -0.05) is 35.9 Å². The number of nitrogens with one attached hydrogen (secondary N) is 2. The van der Waals surface area contributed by atoms with Crippen molar-refractivity contribution >= 4 is 5.91 Å². The molecular weight excluding hydrogens is 482 g/mol. The zero-order valence-corrected chi connectivity index (χ0v) is 22.4. The van der Waals surface area contributed by atoms with Gasteiger partial charge in [-0.15, -0.1) is 0 Å². The van der Waals surface area contributed by atoms with Crippen molar-refractivity contribution in [1.29, 1.82) is 0 Å². The fourth-order valence-electron chi connectivity index (χ4n) is 5.96. The molecule has 38 heavy (non-hydrogen) atoms. The van der Waals surface area contributed by atoms with Crippen molar-refractivity contribution in [2.75, 3.05) is 27.9 Å². The Bertz CT molecular complexity index is 1340. The molecule has 1 amide bonds. The van der Waals surface area contributed by atoms with E-state index in [9.17, 15) is 9.90 Å². The van der Waals surface area contributed by atoms with Crippen LogP contribution in [0.1, 0.15) is 39.9 Å². The Morgan fingerprint density at radius 1 is 0.895 bits per heavy atom. The third-order valence-electron chi connectivity index (χ3n) is 7.75. The Morgan fingerprint density at radius 3 is 2.39 bits per heavy atom. The van der Waals surface area contributed by atoms with E-state index in [1.807, 2.05) is 73.3 Å². The monoisotopic (exact) mass is 517 g/mol. The average molecular weight is 518 g/mol. The SMILES string of the molecule is COc1cccc(C2C3C(NNC3c3cc(C)cc(C)c3O)C(=O)N2CCc2ccc(OC)c(OC)c2)c1. The second-order valence-electron chi connectivity index (χ2n) is 10.0. The molecule has 4 atom stereocenters. The van der Waals surface area contributed by atoms with Gasteiger partial charge in [-0.3, -0.25) is 4.79 Å². The molecule has 3 N–H and O–H groups in total. The van der Waals surface area contributed by atoms with Gasteiger partial charge in [0.15, 0.2) is 11.5 Å². The maximum Gasteiger partial charge on any atom is 0.242 e. The summed E-state index contributed by atoms with van der Waals surface area (Å²) >= 11 is 0. The number of aromatic hydroxyl groups is 1. The van der Waals surface area contributed by atoms with Crippen LogP contribution in [0.15, 0.2) is 54.6 Å². The number of rotatable bonds is 8. The molecule has 0 radical (unpaired) electrons. The lowest BCUT2D eigenvalue weighted by Gasteiger charge is -2.32. The zero-order chi connectivity index (χ0) is 27.0.